The summed E-state index contributed by atoms with van der Waals surface area (Å²) in [5.41, 5.74) is 4.20. The maximum atomic E-state index is 10.0. The third-order valence-electron chi connectivity index (χ3n) is 5.72. The average molecular weight is 367 g/mol. The molecule has 2 aromatic rings. The molecule has 1 fully saturated rings. The molecule has 134 valence electrons. The first-order chi connectivity index (χ1) is 12.7. The van der Waals surface area contributed by atoms with E-state index in [4.69, 9.17) is 16.6 Å². The molecule has 26 heavy (non-hydrogen) atoms. The quantitative estimate of drug-likeness (QED) is 0.734. The van der Waals surface area contributed by atoms with Crippen molar-refractivity contribution in [3.63, 3.8) is 0 Å². The van der Waals surface area contributed by atoms with Crippen molar-refractivity contribution in [2.45, 2.75) is 57.3 Å². The van der Waals surface area contributed by atoms with Crippen LogP contribution in [-0.4, -0.2) is 15.9 Å². The fraction of sp³-hybridized carbons (Fsp3) is 0.476. The molecule has 1 aliphatic carbocycles. The Morgan fingerprint density at radius 1 is 1.27 bits per heavy atom. The van der Waals surface area contributed by atoms with Gasteiger partial charge in [0.25, 0.3) is 0 Å². The topological polar surface area (TPSA) is 64.8 Å². The van der Waals surface area contributed by atoms with Crippen molar-refractivity contribution < 1.29 is 0 Å². The Hall–Kier alpha value is -2.12. The molecule has 2 atom stereocenters. The van der Waals surface area contributed by atoms with E-state index in [0.29, 0.717) is 10.9 Å². The Morgan fingerprint density at radius 2 is 2.04 bits per heavy atom. The number of halogens is 1. The van der Waals surface area contributed by atoms with Gasteiger partial charge < -0.3 is 0 Å². The van der Waals surface area contributed by atoms with Crippen LogP contribution in [0.4, 0.5) is 5.82 Å². The van der Waals surface area contributed by atoms with Gasteiger partial charge in [0.15, 0.2) is 5.82 Å². The molecule has 2 aliphatic rings. The molecule has 1 aliphatic heterocycles. The molecule has 2 heterocycles. The lowest BCUT2D eigenvalue weighted by molar-refractivity contribution is 0.648. The SMILES string of the molecule is CCCC1=Nc2n[nH]c(C3CCCC3)c2C(c2ccccc2Cl)C1C#N. The molecule has 1 saturated carbocycles. The van der Waals surface area contributed by atoms with Crippen molar-refractivity contribution in [2.75, 3.05) is 0 Å². The first-order valence-electron chi connectivity index (χ1n) is 9.54. The molecular weight excluding hydrogens is 344 g/mol. The van der Waals surface area contributed by atoms with Crippen molar-refractivity contribution in [2.24, 2.45) is 10.9 Å². The predicted octanol–water partition coefficient (Wildman–Crippen LogP) is 5.88. The van der Waals surface area contributed by atoms with Gasteiger partial charge >= 0.3 is 0 Å². The molecule has 2 unspecified atom stereocenters. The van der Waals surface area contributed by atoms with Gasteiger partial charge in [0.2, 0.25) is 0 Å². The van der Waals surface area contributed by atoms with E-state index in [1.54, 1.807) is 0 Å². The maximum absolute atomic E-state index is 10.0. The van der Waals surface area contributed by atoms with E-state index in [1.165, 1.54) is 31.4 Å². The van der Waals surface area contributed by atoms with Crippen molar-refractivity contribution in [3.05, 3.63) is 46.1 Å². The van der Waals surface area contributed by atoms with Gasteiger partial charge in [-0.05, 0) is 30.9 Å². The van der Waals surface area contributed by atoms with E-state index in [0.717, 1.165) is 35.5 Å². The Bertz CT molecular complexity index is 870. The second-order valence-electron chi connectivity index (χ2n) is 7.32. The normalized spacial score (nSPS) is 22.7. The summed E-state index contributed by atoms with van der Waals surface area (Å²) in [5, 5.41) is 18.6. The Kier molecular flexibility index (Phi) is 4.82. The van der Waals surface area contributed by atoms with Crippen molar-refractivity contribution in [1.29, 1.82) is 5.26 Å². The van der Waals surface area contributed by atoms with Crippen molar-refractivity contribution >= 4 is 23.1 Å². The zero-order chi connectivity index (χ0) is 18.1. The molecular formula is C21H23ClN4. The van der Waals surface area contributed by atoms with Crippen LogP contribution in [0.2, 0.25) is 5.02 Å². The monoisotopic (exact) mass is 366 g/mol. The van der Waals surface area contributed by atoms with Gasteiger partial charge in [0.1, 0.15) is 0 Å². The number of nitrogens with one attached hydrogen (secondary N) is 1. The summed E-state index contributed by atoms with van der Waals surface area (Å²) in [4.78, 5) is 4.79. The number of nitriles is 1. The first kappa shape index (κ1) is 17.3. The second-order valence-corrected chi connectivity index (χ2v) is 7.72. The van der Waals surface area contributed by atoms with E-state index in [-0.39, 0.29) is 11.8 Å². The number of rotatable bonds is 4. The number of benzene rings is 1. The van der Waals surface area contributed by atoms with Crippen LogP contribution in [-0.2, 0) is 0 Å². The molecule has 5 heteroatoms. The van der Waals surface area contributed by atoms with Crippen LogP contribution in [0.3, 0.4) is 0 Å². The van der Waals surface area contributed by atoms with E-state index >= 15 is 0 Å². The fourth-order valence-corrected chi connectivity index (χ4v) is 4.77. The predicted molar refractivity (Wildman–Crippen MR) is 104 cm³/mol. The standard InChI is InChI=1S/C21H23ClN4/c1-2-7-17-15(12-23)18(14-10-5-6-11-16(14)22)19-20(13-8-3-4-9-13)25-26-21(19)24-17/h5-6,10-11,13,15,18H,2-4,7-9H2,1H3,(H,25,26). The molecule has 0 radical (unpaired) electrons. The lowest BCUT2D eigenvalue weighted by atomic mass is 9.74. The van der Waals surface area contributed by atoms with Gasteiger partial charge in [0.05, 0.1) is 12.0 Å². The lowest BCUT2D eigenvalue weighted by Gasteiger charge is -2.29. The van der Waals surface area contributed by atoms with Gasteiger partial charge in [0, 0.05) is 33.8 Å². The largest absolute Gasteiger partial charge is 0.280 e. The van der Waals surface area contributed by atoms with Crippen LogP contribution >= 0.6 is 11.6 Å². The molecule has 1 aromatic heterocycles. The number of aliphatic imine (C=N–C) groups is 1. The highest BCUT2D eigenvalue weighted by atomic mass is 35.5. The Morgan fingerprint density at radius 3 is 2.73 bits per heavy atom. The van der Waals surface area contributed by atoms with Gasteiger partial charge in [-0.1, -0.05) is 56.0 Å². The fourth-order valence-electron chi connectivity index (χ4n) is 4.52. The summed E-state index contributed by atoms with van der Waals surface area (Å²) in [7, 11) is 0. The minimum atomic E-state index is -0.292. The number of nitrogens with zero attached hydrogens (tertiary/aromatic N) is 3. The third kappa shape index (κ3) is 2.85. The third-order valence-corrected chi connectivity index (χ3v) is 6.06. The lowest BCUT2D eigenvalue weighted by Crippen LogP contribution is -2.26. The highest BCUT2D eigenvalue weighted by molar-refractivity contribution is 6.31. The highest BCUT2D eigenvalue weighted by Crippen LogP contribution is 2.48. The number of aromatic amines is 1. The van der Waals surface area contributed by atoms with Crippen LogP contribution in [0, 0.1) is 17.2 Å². The summed E-state index contributed by atoms with van der Waals surface area (Å²) in [6, 6.07) is 10.4. The van der Waals surface area contributed by atoms with Crippen molar-refractivity contribution in [1.82, 2.24) is 10.2 Å². The minimum absolute atomic E-state index is 0.0999. The number of H-pyrrole nitrogens is 1. The number of hydrogen-bond donors (Lipinski definition) is 1. The van der Waals surface area contributed by atoms with E-state index in [1.807, 2.05) is 24.3 Å². The second kappa shape index (κ2) is 7.25. The van der Waals surface area contributed by atoms with E-state index in [2.05, 4.69) is 23.2 Å². The number of aromatic nitrogens is 2. The van der Waals surface area contributed by atoms with Crippen LogP contribution in [0.15, 0.2) is 29.3 Å². The Labute approximate surface area is 159 Å². The average Bonchev–Trinajstić information content (AvgIpc) is 3.30. The summed E-state index contributed by atoms with van der Waals surface area (Å²) in [6.07, 6.45) is 6.62. The molecule has 4 rings (SSSR count). The smallest absolute Gasteiger partial charge is 0.177 e. The summed E-state index contributed by atoms with van der Waals surface area (Å²) < 4.78 is 0. The van der Waals surface area contributed by atoms with E-state index < -0.39 is 0 Å². The minimum Gasteiger partial charge on any atom is -0.280 e. The maximum Gasteiger partial charge on any atom is 0.177 e. The van der Waals surface area contributed by atoms with Crippen molar-refractivity contribution in [3.8, 4) is 6.07 Å². The van der Waals surface area contributed by atoms with Gasteiger partial charge in [-0.2, -0.15) is 10.4 Å². The van der Waals surface area contributed by atoms with Crippen LogP contribution in [0.25, 0.3) is 0 Å². The molecule has 0 bridgehead atoms. The highest BCUT2D eigenvalue weighted by Gasteiger charge is 2.40. The van der Waals surface area contributed by atoms with Gasteiger partial charge in [-0.3, -0.25) is 5.10 Å². The molecule has 1 aromatic carbocycles. The summed E-state index contributed by atoms with van der Waals surface area (Å²) in [5.74, 6) is 0.850. The van der Waals surface area contributed by atoms with Crippen LogP contribution in [0.1, 0.15) is 74.1 Å². The van der Waals surface area contributed by atoms with Gasteiger partial charge in [-0.15, -0.1) is 0 Å². The zero-order valence-electron chi connectivity index (χ0n) is 15.0. The van der Waals surface area contributed by atoms with Crippen LogP contribution in [0.5, 0.6) is 0 Å². The molecule has 4 nitrogen and oxygen atoms in total. The molecule has 1 N–H and O–H groups in total. The summed E-state index contributed by atoms with van der Waals surface area (Å²) in [6.45, 7) is 2.12. The Balaban J connectivity index is 1.91. The number of hydrogen-bond acceptors (Lipinski definition) is 3. The molecule has 0 spiro atoms. The zero-order valence-corrected chi connectivity index (χ0v) is 15.8. The molecule has 0 saturated heterocycles. The van der Waals surface area contributed by atoms with E-state index in [9.17, 15) is 5.26 Å². The molecule has 0 amide bonds. The first-order valence-corrected chi connectivity index (χ1v) is 9.92. The van der Waals surface area contributed by atoms with Gasteiger partial charge in [-0.25, -0.2) is 4.99 Å². The summed E-state index contributed by atoms with van der Waals surface area (Å²) >= 11 is 6.57. The number of fused-ring (bicyclic) bond motifs is 1. The van der Waals surface area contributed by atoms with Crippen LogP contribution < -0.4 is 0 Å².